The third-order valence-electron chi connectivity index (χ3n) is 0. The predicted molar refractivity (Wildman–Crippen MR) is 24.6 cm³/mol. The summed E-state index contributed by atoms with van der Waals surface area (Å²) in [5.74, 6) is 0. The summed E-state index contributed by atoms with van der Waals surface area (Å²) in [7, 11) is 0. The van der Waals surface area contributed by atoms with Crippen LogP contribution in [0.25, 0.3) is 0 Å². The third kappa shape index (κ3) is 40.4. The van der Waals surface area contributed by atoms with E-state index in [1.54, 1.807) is 0 Å². The van der Waals surface area contributed by atoms with Crippen molar-refractivity contribution in [3.63, 3.8) is 0 Å². The van der Waals surface area contributed by atoms with E-state index in [1.165, 1.54) is 16.3 Å². The molecule has 0 aliphatic rings. The van der Waals surface area contributed by atoms with E-state index < -0.39 is 0 Å². The molecule has 0 unspecified atom stereocenters. The fourth-order valence-electron chi connectivity index (χ4n) is 0. The second kappa shape index (κ2) is 19.4. The molecule has 0 aromatic rings. The van der Waals surface area contributed by atoms with Crippen LogP contribution in [0, 0.1) is 6.42 Å². The van der Waals surface area contributed by atoms with Gasteiger partial charge in [-0.15, -0.1) is 0 Å². The van der Waals surface area contributed by atoms with Gasteiger partial charge in [-0.25, -0.2) is 0 Å². The fourth-order valence-corrected chi connectivity index (χ4v) is 0. The average Bonchev–Trinajstić information content (AvgIpc) is 1.46. The summed E-state index contributed by atoms with van der Waals surface area (Å²) in [5, 5.41) is 0. The molecule has 0 saturated carbocycles. The first-order valence-electron chi connectivity index (χ1n) is 1.42. The molecule has 0 aromatic heterocycles. The van der Waals surface area contributed by atoms with Crippen molar-refractivity contribution in [2.45, 2.75) is 13.8 Å². The SMILES string of the molecule is C[CH-]C.[Zn+][Br]. The molecule has 28 valence electrons. The molecule has 0 amide bonds. The van der Waals surface area contributed by atoms with Gasteiger partial charge in [-0.1, -0.05) is 0 Å². The summed E-state index contributed by atoms with van der Waals surface area (Å²) in [4.78, 5) is 0. The molecule has 0 fully saturated rings. The maximum absolute atomic E-state index is 3.06. The van der Waals surface area contributed by atoms with Gasteiger partial charge >= 0.3 is 30.0 Å². The van der Waals surface area contributed by atoms with Gasteiger partial charge in [0.05, 0.1) is 0 Å². The predicted octanol–water partition coefficient (Wildman–Crippen LogP) is 2.07. The second-order valence-corrected chi connectivity index (χ2v) is 0.577. The molecule has 0 nitrogen and oxygen atoms in total. The normalized spacial score (nSPS) is 5.00. The first kappa shape index (κ1) is 9.44. The summed E-state index contributed by atoms with van der Waals surface area (Å²) in [6.07, 6.45) is 2.00. The van der Waals surface area contributed by atoms with Crippen LogP contribution in [-0.2, 0) is 16.3 Å². The molecule has 0 heterocycles. The van der Waals surface area contributed by atoms with Crippen molar-refractivity contribution in [2.75, 3.05) is 0 Å². The molecular formula is C3H7BrZn. The van der Waals surface area contributed by atoms with Crippen LogP contribution >= 0.6 is 13.6 Å². The molecule has 0 aliphatic carbocycles. The number of hydrogen-bond donors (Lipinski definition) is 0. The van der Waals surface area contributed by atoms with Gasteiger partial charge in [0.1, 0.15) is 0 Å². The van der Waals surface area contributed by atoms with E-state index in [0.29, 0.717) is 0 Å². The van der Waals surface area contributed by atoms with Crippen LogP contribution < -0.4 is 0 Å². The number of halogens is 1. The summed E-state index contributed by atoms with van der Waals surface area (Å²) in [5.41, 5.74) is 0. The van der Waals surface area contributed by atoms with E-state index >= 15 is 0 Å². The zero-order chi connectivity index (χ0) is 4.71. The molecule has 0 N–H and O–H groups in total. The molecule has 5 heavy (non-hydrogen) atoms. The summed E-state index contributed by atoms with van der Waals surface area (Å²) >= 11 is 4.25. The Kier molecular flexibility index (Phi) is 36.7. The topological polar surface area (TPSA) is 0 Å². The molecule has 0 aromatic carbocycles. The monoisotopic (exact) mass is 186 g/mol. The Morgan fingerprint density at radius 3 is 1.40 bits per heavy atom. The van der Waals surface area contributed by atoms with Crippen molar-refractivity contribution in [1.82, 2.24) is 0 Å². The molecule has 0 radical (unpaired) electrons. The summed E-state index contributed by atoms with van der Waals surface area (Å²) in [6, 6.07) is 0. The van der Waals surface area contributed by atoms with Crippen LogP contribution in [-0.4, -0.2) is 0 Å². The van der Waals surface area contributed by atoms with Crippen molar-refractivity contribution in [3.05, 3.63) is 6.42 Å². The van der Waals surface area contributed by atoms with Crippen molar-refractivity contribution in [1.29, 1.82) is 0 Å². The minimum absolute atomic E-state index is 1.19. The molecule has 0 spiro atoms. The quantitative estimate of drug-likeness (QED) is 0.403. The molecule has 0 aliphatic heterocycles. The molecular weight excluding hydrogens is 181 g/mol. The second-order valence-electron chi connectivity index (χ2n) is 0.577. The minimum atomic E-state index is 1.19. The van der Waals surface area contributed by atoms with Crippen molar-refractivity contribution >= 4 is 13.6 Å². The van der Waals surface area contributed by atoms with Crippen LogP contribution in [0.15, 0.2) is 0 Å². The Labute approximate surface area is 50.4 Å². The maximum atomic E-state index is 3.06. The number of hydrogen-bond acceptors (Lipinski definition) is 0. The van der Waals surface area contributed by atoms with Crippen molar-refractivity contribution in [2.24, 2.45) is 0 Å². The Hall–Kier alpha value is 1.10. The zero-order valence-electron chi connectivity index (χ0n) is 3.66. The zero-order valence-corrected chi connectivity index (χ0v) is 8.22. The van der Waals surface area contributed by atoms with Gasteiger partial charge in [-0.3, -0.25) is 0 Å². The van der Waals surface area contributed by atoms with Crippen molar-refractivity contribution < 1.29 is 16.3 Å². The van der Waals surface area contributed by atoms with Gasteiger partial charge in [-0.2, -0.15) is 13.8 Å². The van der Waals surface area contributed by atoms with Gasteiger partial charge in [0.2, 0.25) is 0 Å². The molecule has 0 rings (SSSR count). The molecule has 2 heteroatoms. The third-order valence-corrected chi connectivity index (χ3v) is 0. The van der Waals surface area contributed by atoms with Gasteiger partial charge in [0.25, 0.3) is 0 Å². The molecule has 0 atom stereocenters. The van der Waals surface area contributed by atoms with Crippen LogP contribution in [0.5, 0.6) is 0 Å². The van der Waals surface area contributed by atoms with Gasteiger partial charge in [0.15, 0.2) is 0 Å². The van der Waals surface area contributed by atoms with Crippen LogP contribution in [0.1, 0.15) is 13.8 Å². The van der Waals surface area contributed by atoms with Gasteiger partial charge in [0, 0.05) is 0 Å². The van der Waals surface area contributed by atoms with E-state index in [0.717, 1.165) is 0 Å². The van der Waals surface area contributed by atoms with E-state index in [1.807, 2.05) is 20.3 Å². The summed E-state index contributed by atoms with van der Waals surface area (Å²) in [6.45, 7) is 4.00. The van der Waals surface area contributed by atoms with Crippen LogP contribution in [0.3, 0.4) is 0 Å². The Morgan fingerprint density at radius 2 is 1.40 bits per heavy atom. The number of rotatable bonds is 0. The molecule has 0 bridgehead atoms. The first-order valence-corrected chi connectivity index (χ1v) is 8.37. The van der Waals surface area contributed by atoms with E-state index in [-0.39, 0.29) is 0 Å². The van der Waals surface area contributed by atoms with E-state index in [9.17, 15) is 0 Å². The van der Waals surface area contributed by atoms with E-state index in [4.69, 9.17) is 0 Å². The van der Waals surface area contributed by atoms with Crippen LogP contribution in [0.4, 0.5) is 0 Å². The van der Waals surface area contributed by atoms with E-state index in [2.05, 4.69) is 13.6 Å². The fraction of sp³-hybridized carbons (Fsp3) is 0.667. The Bertz CT molecular complexity index is 6.85. The van der Waals surface area contributed by atoms with Crippen molar-refractivity contribution in [3.8, 4) is 0 Å². The van der Waals surface area contributed by atoms with Gasteiger partial charge < -0.3 is 6.42 Å². The Morgan fingerprint density at radius 1 is 1.40 bits per heavy atom. The van der Waals surface area contributed by atoms with Gasteiger partial charge in [-0.05, 0) is 0 Å². The standard InChI is InChI=1S/C3H7.BrH.Zn/c1-3-2;;/h3H,1-2H3;1H;/q-1;;+2/p-1. The summed E-state index contributed by atoms with van der Waals surface area (Å²) < 4.78 is 0. The average molecular weight is 188 g/mol. The molecule has 0 saturated heterocycles. The van der Waals surface area contributed by atoms with Crippen LogP contribution in [0.2, 0.25) is 0 Å². The Balaban J connectivity index is 0. The first-order chi connectivity index (χ1) is 2.41.